The standard InChI is InChI=1S/C9H19NO2.ClH/c1-3-5-6-7-8(4-2)10-9(11)12;/h8,10H,3-7H2,1-2H3,(H,11,12);1H. The van der Waals surface area contributed by atoms with E-state index in [4.69, 9.17) is 5.11 Å². The summed E-state index contributed by atoms with van der Waals surface area (Å²) in [6.45, 7) is 4.15. The summed E-state index contributed by atoms with van der Waals surface area (Å²) in [5.41, 5.74) is 0. The van der Waals surface area contributed by atoms with Crippen molar-refractivity contribution in [2.45, 2.75) is 52.0 Å². The Bertz CT molecular complexity index is 131. The highest BCUT2D eigenvalue weighted by atomic mass is 35.5. The van der Waals surface area contributed by atoms with Crippen molar-refractivity contribution in [1.29, 1.82) is 0 Å². The first-order valence-electron chi connectivity index (χ1n) is 4.70. The molecule has 0 aliphatic heterocycles. The van der Waals surface area contributed by atoms with Crippen molar-refractivity contribution in [3.63, 3.8) is 0 Å². The Kier molecular flexibility index (Phi) is 11.2. The number of carbonyl (C=O) groups is 1. The minimum Gasteiger partial charge on any atom is -0.465 e. The van der Waals surface area contributed by atoms with Crippen LogP contribution in [0.4, 0.5) is 4.79 Å². The molecule has 1 atom stereocenters. The number of carboxylic acid groups (broad SMARTS) is 1. The van der Waals surface area contributed by atoms with Gasteiger partial charge >= 0.3 is 6.09 Å². The second kappa shape index (κ2) is 9.65. The Morgan fingerprint density at radius 3 is 2.38 bits per heavy atom. The van der Waals surface area contributed by atoms with Gasteiger partial charge in [0.15, 0.2) is 0 Å². The highest BCUT2D eigenvalue weighted by Crippen LogP contribution is 2.05. The third kappa shape index (κ3) is 9.47. The fraction of sp³-hybridized carbons (Fsp3) is 0.889. The maximum Gasteiger partial charge on any atom is 0.404 e. The quantitative estimate of drug-likeness (QED) is 0.661. The predicted octanol–water partition coefficient (Wildman–Crippen LogP) is 3.03. The van der Waals surface area contributed by atoms with Gasteiger partial charge in [-0.1, -0.05) is 33.1 Å². The topological polar surface area (TPSA) is 49.3 Å². The van der Waals surface area contributed by atoms with Crippen LogP contribution in [-0.4, -0.2) is 17.2 Å². The van der Waals surface area contributed by atoms with Gasteiger partial charge in [0.1, 0.15) is 0 Å². The van der Waals surface area contributed by atoms with Crippen LogP contribution in [0.3, 0.4) is 0 Å². The Labute approximate surface area is 86.3 Å². The van der Waals surface area contributed by atoms with Gasteiger partial charge < -0.3 is 10.4 Å². The van der Waals surface area contributed by atoms with Crippen LogP contribution in [0.1, 0.15) is 46.0 Å². The van der Waals surface area contributed by atoms with Gasteiger partial charge in [0, 0.05) is 6.04 Å². The predicted molar refractivity (Wildman–Crippen MR) is 56.6 cm³/mol. The molecule has 0 saturated carbocycles. The third-order valence-electron chi connectivity index (χ3n) is 1.98. The summed E-state index contributed by atoms with van der Waals surface area (Å²) < 4.78 is 0. The second-order valence-corrected chi connectivity index (χ2v) is 3.05. The molecule has 0 aromatic heterocycles. The Morgan fingerprint density at radius 2 is 2.00 bits per heavy atom. The molecule has 0 aromatic carbocycles. The zero-order chi connectivity index (χ0) is 9.40. The molecular formula is C9H20ClNO2. The molecule has 0 fully saturated rings. The van der Waals surface area contributed by atoms with E-state index in [-0.39, 0.29) is 18.4 Å². The van der Waals surface area contributed by atoms with E-state index in [1.54, 1.807) is 0 Å². The lowest BCUT2D eigenvalue weighted by Gasteiger charge is -2.13. The maximum atomic E-state index is 10.3. The van der Waals surface area contributed by atoms with Crippen LogP contribution in [0.5, 0.6) is 0 Å². The summed E-state index contributed by atoms with van der Waals surface area (Å²) in [5, 5.41) is 11.0. The van der Waals surface area contributed by atoms with E-state index >= 15 is 0 Å². The normalized spacial score (nSPS) is 11.5. The van der Waals surface area contributed by atoms with Crippen LogP contribution in [0.2, 0.25) is 0 Å². The summed E-state index contributed by atoms with van der Waals surface area (Å²) in [5.74, 6) is 0. The molecule has 2 N–H and O–H groups in total. The molecule has 0 bridgehead atoms. The Balaban J connectivity index is 0. The van der Waals surface area contributed by atoms with Crippen molar-refractivity contribution in [2.75, 3.05) is 0 Å². The minimum absolute atomic E-state index is 0. The number of hydrogen-bond donors (Lipinski definition) is 2. The lowest BCUT2D eigenvalue weighted by molar-refractivity contribution is 0.188. The van der Waals surface area contributed by atoms with Gasteiger partial charge in [0.25, 0.3) is 0 Å². The van der Waals surface area contributed by atoms with E-state index in [9.17, 15) is 4.79 Å². The van der Waals surface area contributed by atoms with Crippen LogP contribution in [0, 0.1) is 0 Å². The van der Waals surface area contributed by atoms with Crippen molar-refractivity contribution in [3.8, 4) is 0 Å². The van der Waals surface area contributed by atoms with Crippen LogP contribution in [0.15, 0.2) is 0 Å². The maximum absolute atomic E-state index is 10.3. The number of hydrogen-bond acceptors (Lipinski definition) is 1. The van der Waals surface area contributed by atoms with Crippen LogP contribution < -0.4 is 5.32 Å². The Morgan fingerprint density at radius 1 is 1.38 bits per heavy atom. The lowest BCUT2D eigenvalue weighted by Crippen LogP contribution is -2.32. The van der Waals surface area contributed by atoms with Crippen molar-refractivity contribution < 1.29 is 9.90 Å². The van der Waals surface area contributed by atoms with E-state index in [2.05, 4.69) is 12.2 Å². The molecule has 0 spiro atoms. The number of rotatable bonds is 6. The summed E-state index contributed by atoms with van der Waals surface area (Å²) in [4.78, 5) is 10.3. The highest BCUT2D eigenvalue weighted by molar-refractivity contribution is 5.85. The van der Waals surface area contributed by atoms with Gasteiger partial charge in [-0.2, -0.15) is 0 Å². The lowest BCUT2D eigenvalue weighted by atomic mass is 10.1. The van der Waals surface area contributed by atoms with Gasteiger partial charge in [-0.3, -0.25) is 0 Å². The van der Waals surface area contributed by atoms with E-state index in [0.717, 1.165) is 19.3 Å². The highest BCUT2D eigenvalue weighted by Gasteiger charge is 2.07. The summed E-state index contributed by atoms with van der Waals surface area (Å²) in [6.07, 6.45) is 4.45. The van der Waals surface area contributed by atoms with E-state index in [1.165, 1.54) is 12.8 Å². The molecule has 1 amide bonds. The van der Waals surface area contributed by atoms with E-state index in [1.807, 2.05) is 6.92 Å². The molecule has 80 valence electrons. The first-order valence-corrected chi connectivity index (χ1v) is 4.70. The first-order chi connectivity index (χ1) is 5.70. The molecule has 0 aliphatic rings. The van der Waals surface area contributed by atoms with Crippen molar-refractivity contribution in [2.24, 2.45) is 0 Å². The fourth-order valence-corrected chi connectivity index (χ4v) is 1.19. The SMILES string of the molecule is CCCCCC(CC)NC(=O)O.Cl. The Hall–Kier alpha value is -0.440. The van der Waals surface area contributed by atoms with E-state index < -0.39 is 6.09 Å². The molecule has 13 heavy (non-hydrogen) atoms. The molecule has 0 radical (unpaired) electrons. The zero-order valence-corrected chi connectivity index (χ0v) is 9.19. The zero-order valence-electron chi connectivity index (χ0n) is 8.38. The smallest absolute Gasteiger partial charge is 0.404 e. The van der Waals surface area contributed by atoms with Gasteiger partial charge in [0.2, 0.25) is 0 Å². The number of unbranched alkanes of at least 4 members (excludes halogenated alkanes) is 2. The summed E-state index contributed by atoms with van der Waals surface area (Å²) >= 11 is 0. The van der Waals surface area contributed by atoms with Gasteiger partial charge in [-0.15, -0.1) is 12.4 Å². The molecule has 4 heteroatoms. The average Bonchev–Trinajstić information content (AvgIpc) is 2.02. The summed E-state index contributed by atoms with van der Waals surface area (Å²) in [6, 6.07) is 0.147. The number of halogens is 1. The molecule has 0 aliphatic carbocycles. The van der Waals surface area contributed by atoms with Crippen molar-refractivity contribution in [3.05, 3.63) is 0 Å². The molecular weight excluding hydrogens is 190 g/mol. The molecule has 0 heterocycles. The molecule has 0 rings (SSSR count). The molecule has 0 saturated heterocycles. The first kappa shape index (κ1) is 15.1. The van der Waals surface area contributed by atoms with Gasteiger partial charge in [0.05, 0.1) is 0 Å². The van der Waals surface area contributed by atoms with Crippen LogP contribution >= 0.6 is 12.4 Å². The molecule has 0 aromatic rings. The van der Waals surface area contributed by atoms with E-state index in [0.29, 0.717) is 0 Å². The second-order valence-electron chi connectivity index (χ2n) is 3.05. The van der Waals surface area contributed by atoms with Crippen molar-refractivity contribution in [1.82, 2.24) is 5.32 Å². The largest absolute Gasteiger partial charge is 0.465 e. The van der Waals surface area contributed by atoms with Crippen LogP contribution in [0.25, 0.3) is 0 Å². The fourth-order valence-electron chi connectivity index (χ4n) is 1.19. The number of nitrogens with one attached hydrogen (secondary N) is 1. The molecule has 3 nitrogen and oxygen atoms in total. The van der Waals surface area contributed by atoms with Crippen LogP contribution in [-0.2, 0) is 0 Å². The molecule has 1 unspecified atom stereocenters. The number of amides is 1. The minimum atomic E-state index is -0.904. The monoisotopic (exact) mass is 209 g/mol. The van der Waals surface area contributed by atoms with Crippen molar-refractivity contribution >= 4 is 18.5 Å². The average molecular weight is 210 g/mol. The third-order valence-corrected chi connectivity index (χ3v) is 1.98. The van der Waals surface area contributed by atoms with Gasteiger partial charge in [-0.25, -0.2) is 4.79 Å². The summed E-state index contributed by atoms with van der Waals surface area (Å²) in [7, 11) is 0. The van der Waals surface area contributed by atoms with Gasteiger partial charge in [-0.05, 0) is 12.8 Å².